The number of nitrogens with zero attached hydrogens (tertiary/aromatic N) is 5. The van der Waals surface area contributed by atoms with Gasteiger partial charge in [-0.15, -0.1) is 0 Å². The largest absolute Gasteiger partial charge is 0.489 e. The van der Waals surface area contributed by atoms with Gasteiger partial charge in [0, 0.05) is 31.6 Å². The molecule has 0 aliphatic carbocycles. The Morgan fingerprint density at radius 3 is 2.82 bits per heavy atom. The first-order valence-electron chi connectivity index (χ1n) is 11.0. The molecule has 1 atom stereocenters. The molecule has 1 aromatic heterocycles. The van der Waals surface area contributed by atoms with E-state index in [-0.39, 0.29) is 11.9 Å². The first-order valence-corrected chi connectivity index (χ1v) is 11.3. The number of rotatable bonds is 5. The van der Waals surface area contributed by atoms with Crippen LogP contribution in [-0.2, 0) is 6.42 Å². The molecule has 3 aromatic rings. The maximum Gasteiger partial charge on any atom is 0.257 e. The van der Waals surface area contributed by atoms with E-state index in [0.29, 0.717) is 42.5 Å². The van der Waals surface area contributed by atoms with E-state index in [1.54, 1.807) is 17.4 Å². The monoisotopic (exact) mass is 461 g/mol. The van der Waals surface area contributed by atoms with Crippen LogP contribution >= 0.6 is 11.6 Å². The predicted octanol–water partition coefficient (Wildman–Crippen LogP) is 4.13. The van der Waals surface area contributed by atoms with E-state index < -0.39 is 0 Å². The Hall–Kier alpha value is -3.45. The third kappa shape index (κ3) is 4.41. The minimum absolute atomic E-state index is 0.0155. The fourth-order valence-corrected chi connectivity index (χ4v) is 4.45. The number of amides is 1. The van der Waals surface area contributed by atoms with Crippen LogP contribution in [0.5, 0.6) is 5.75 Å². The van der Waals surface area contributed by atoms with Crippen molar-refractivity contribution in [3.05, 3.63) is 76.1 Å². The minimum Gasteiger partial charge on any atom is -0.489 e. The number of ether oxygens (including phenoxy) is 1. The molecule has 1 unspecified atom stereocenters. The lowest BCUT2D eigenvalue weighted by Gasteiger charge is -2.24. The summed E-state index contributed by atoms with van der Waals surface area (Å²) in [4.78, 5) is 23.7. The molecule has 0 saturated carbocycles. The zero-order valence-corrected chi connectivity index (χ0v) is 19.1. The van der Waals surface area contributed by atoms with E-state index in [1.807, 2.05) is 48.3 Å². The summed E-state index contributed by atoms with van der Waals surface area (Å²) >= 11 is 6.70. The zero-order valence-electron chi connectivity index (χ0n) is 18.3. The number of hydrogen-bond acceptors (Lipinski definition) is 5. The molecule has 33 heavy (non-hydrogen) atoms. The fourth-order valence-electron chi connectivity index (χ4n) is 4.17. The number of aliphatic imine (C=N–C) groups is 2. The summed E-state index contributed by atoms with van der Waals surface area (Å²) in [5.74, 6) is 0.408. The maximum atomic E-state index is 13.4. The smallest absolute Gasteiger partial charge is 0.257 e. The fraction of sp³-hybridized carbons (Fsp3) is 0.280. The van der Waals surface area contributed by atoms with E-state index in [4.69, 9.17) is 16.3 Å². The molecule has 8 heteroatoms. The Balaban J connectivity index is 1.41. The number of aromatic nitrogens is 2. The summed E-state index contributed by atoms with van der Waals surface area (Å²) in [6.45, 7) is 3.40. The molecule has 0 N–H and O–H groups in total. The third-order valence-corrected chi connectivity index (χ3v) is 6.51. The SMILES string of the molecule is Cc1c(Cc2ccc(-n3cccn3)cc2)cc2c(c1Cl)OCCN(CC1CC=NC=N1)C2=O. The summed E-state index contributed by atoms with van der Waals surface area (Å²) in [6, 6.07) is 12.1. The lowest BCUT2D eigenvalue weighted by Crippen LogP contribution is -2.38. The number of carbonyl (C=O) groups excluding carboxylic acids is 1. The Morgan fingerprint density at radius 2 is 2.09 bits per heavy atom. The summed E-state index contributed by atoms with van der Waals surface area (Å²) in [7, 11) is 0. The molecule has 2 aromatic carbocycles. The van der Waals surface area contributed by atoms with Gasteiger partial charge in [0.05, 0.1) is 28.9 Å². The third-order valence-electron chi connectivity index (χ3n) is 6.06. The van der Waals surface area contributed by atoms with Gasteiger partial charge in [-0.25, -0.2) is 9.67 Å². The van der Waals surface area contributed by atoms with Crippen LogP contribution in [0, 0.1) is 6.92 Å². The zero-order chi connectivity index (χ0) is 22.8. The summed E-state index contributed by atoms with van der Waals surface area (Å²) in [5.41, 5.74) is 4.57. The van der Waals surface area contributed by atoms with E-state index in [9.17, 15) is 4.79 Å². The van der Waals surface area contributed by atoms with Crippen molar-refractivity contribution in [1.82, 2.24) is 14.7 Å². The second-order valence-corrected chi connectivity index (χ2v) is 8.61. The molecule has 168 valence electrons. The second-order valence-electron chi connectivity index (χ2n) is 8.23. The Labute approximate surface area is 197 Å². The molecule has 0 saturated heterocycles. The van der Waals surface area contributed by atoms with Crippen LogP contribution in [0.4, 0.5) is 0 Å². The van der Waals surface area contributed by atoms with Crippen molar-refractivity contribution in [2.24, 2.45) is 9.98 Å². The Morgan fingerprint density at radius 1 is 1.24 bits per heavy atom. The van der Waals surface area contributed by atoms with Gasteiger partial charge in [-0.05, 0) is 54.3 Å². The van der Waals surface area contributed by atoms with Gasteiger partial charge in [-0.3, -0.25) is 9.79 Å². The highest BCUT2D eigenvalue weighted by Gasteiger charge is 2.29. The summed E-state index contributed by atoms with van der Waals surface area (Å²) in [6.07, 6.45) is 8.44. The maximum absolute atomic E-state index is 13.4. The van der Waals surface area contributed by atoms with Gasteiger partial charge in [0.25, 0.3) is 5.91 Å². The Bertz CT molecular complexity index is 1220. The van der Waals surface area contributed by atoms with Crippen LogP contribution < -0.4 is 4.74 Å². The number of benzene rings is 2. The molecular formula is C25H24ClN5O2. The summed E-state index contributed by atoms with van der Waals surface area (Å²) in [5, 5.41) is 4.78. The molecule has 1 amide bonds. The quantitative estimate of drug-likeness (QED) is 0.573. The van der Waals surface area contributed by atoms with E-state index in [0.717, 1.165) is 28.8 Å². The number of fused-ring (bicyclic) bond motifs is 1. The van der Waals surface area contributed by atoms with Crippen LogP contribution in [0.3, 0.4) is 0 Å². The minimum atomic E-state index is -0.0719. The highest BCUT2D eigenvalue weighted by molar-refractivity contribution is 6.33. The first-order chi connectivity index (χ1) is 16.1. The highest BCUT2D eigenvalue weighted by atomic mass is 35.5. The lowest BCUT2D eigenvalue weighted by atomic mass is 9.96. The molecule has 5 rings (SSSR count). The molecule has 0 fully saturated rings. The van der Waals surface area contributed by atoms with Gasteiger partial charge in [0.2, 0.25) is 0 Å². The van der Waals surface area contributed by atoms with Crippen LogP contribution in [-0.4, -0.2) is 58.9 Å². The van der Waals surface area contributed by atoms with Crippen molar-refractivity contribution in [1.29, 1.82) is 0 Å². The predicted molar refractivity (Wildman–Crippen MR) is 129 cm³/mol. The van der Waals surface area contributed by atoms with Crippen LogP contribution in [0.15, 0.2) is 58.8 Å². The van der Waals surface area contributed by atoms with Gasteiger partial charge < -0.3 is 9.64 Å². The molecule has 7 nitrogen and oxygen atoms in total. The number of halogens is 1. The molecule has 2 aliphatic rings. The van der Waals surface area contributed by atoms with E-state index >= 15 is 0 Å². The van der Waals surface area contributed by atoms with Crippen molar-refractivity contribution >= 4 is 30.1 Å². The molecule has 0 bridgehead atoms. The highest BCUT2D eigenvalue weighted by Crippen LogP contribution is 2.37. The molecule has 2 aliphatic heterocycles. The van der Waals surface area contributed by atoms with Crippen LogP contribution in [0.25, 0.3) is 5.69 Å². The number of hydrogen-bond donors (Lipinski definition) is 0. The van der Waals surface area contributed by atoms with Gasteiger partial charge >= 0.3 is 0 Å². The molecule has 3 heterocycles. The standard InChI is InChI=1S/C25H24ClN5O2/c1-17-19(13-18-3-5-21(6-4-18)31-10-2-8-29-31)14-22-24(23(17)26)33-12-11-30(25(22)32)15-20-7-9-27-16-28-20/h2-6,8-10,14,16,20H,7,11-13,15H2,1H3. The van der Waals surface area contributed by atoms with Crippen molar-refractivity contribution in [2.45, 2.75) is 25.8 Å². The van der Waals surface area contributed by atoms with Crippen molar-refractivity contribution < 1.29 is 9.53 Å². The molecule has 0 spiro atoms. The number of carbonyl (C=O) groups is 1. The van der Waals surface area contributed by atoms with Gasteiger partial charge in [0.1, 0.15) is 12.9 Å². The normalized spacial score (nSPS) is 17.6. The second kappa shape index (κ2) is 9.19. The topological polar surface area (TPSA) is 72.1 Å². The average molecular weight is 462 g/mol. The van der Waals surface area contributed by atoms with Gasteiger partial charge in [-0.2, -0.15) is 5.10 Å². The lowest BCUT2D eigenvalue weighted by molar-refractivity contribution is 0.0746. The van der Waals surface area contributed by atoms with Crippen molar-refractivity contribution in [3.63, 3.8) is 0 Å². The van der Waals surface area contributed by atoms with Crippen molar-refractivity contribution in [2.75, 3.05) is 19.7 Å². The molecular weight excluding hydrogens is 438 g/mol. The first kappa shape index (κ1) is 21.4. The van der Waals surface area contributed by atoms with Crippen LogP contribution in [0.1, 0.15) is 33.5 Å². The van der Waals surface area contributed by atoms with Crippen LogP contribution in [0.2, 0.25) is 5.02 Å². The van der Waals surface area contributed by atoms with E-state index in [2.05, 4.69) is 27.2 Å². The van der Waals surface area contributed by atoms with Crippen molar-refractivity contribution in [3.8, 4) is 11.4 Å². The molecule has 0 radical (unpaired) electrons. The van der Waals surface area contributed by atoms with Gasteiger partial charge in [0.15, 0.2) is 5.75 Å². The van der Waals surface area contributed by atoms with Gasteiger partial charge in [-0.1, -0.05) is 23.7 Å². The average Bonchev–Trinajstić information content (AvgIpc) is 3.33. The van der Waals surface area contributed by atoms with E-state index in [1.165, 1.54) is 0 Å². The summed E-state index contributed by atoms with van der Waals surface area (Å²) < 4.78 is 7.76. The Kier molecular flexibility index (Phi) is 5.96.